The summed E-state index contributed by atoms with van der Waals surface area (Å²) in [6.45, 7) is 2.12. The zero-order chi connectivity index (χ0) is 13.0. The number of furan rings is 1. The Morgan fingerprint density at radius 1 is 1.50 bits per heavy atom. The van der Waals surface area contributed by atoms with Gasteiger partial charge in [-0.2, -0.15) is 0 Å². The minimum absolute atomic E-state index is 0.302. The lowest BCUT2D eigenvalue weighted by molar-refractivity contribution is 0.495. The van der Waals surface area contributed by atoms with Crippen molar-refractivity contribution in [2.24, 2.45) is 0 Å². The summed E-state index contributed by atoms with van der Waals surface area (Å²) in [5, 5.41) is 3.39. The van der Waals surface area contributed by atoms with E-state index < -0.39 is 0 Å². The number of aryl methyl sites for hydroxylation is 1. The van der Waals surface area contributed by atoms with Crippen molar-refractivity contribution >= 4 is 27.3 Å². The van der Waals surface area contributed by atoms with Crippen molar-refractivity contribution in [3.8, 4) is 0 Å². The number of aromatic nitrogens is 1. The lowest BCUT2D eigenvalue weighted by Crippen LogP contribution is -2.17. The second kappa shape index (κ2) is 5.91. The van der Waals surface area contributed by atoms with Gasteiger partial charge in [0.1, 0.15) is 5.76 Å². The van der Waals surface area contributed by atoms with Gasteiger partial charge < -0.3 is 15.5 Å². The lowest BCUT2D eigenvalue weighted by atomic mass is 10.1. The summed E-state index contributed by atoms with van der Waals surface area (Å²) in [7, 11) is 0. The number of halogens is 1. The van der Waals surface area contributed by atoms with Crippen molar-refractivity contribution in [2.45, 2.75) is 25.8 Å². The molecule has 0 radical (unpaired) electrons. The van der Waals surface area contributed by atoms with Crippen molar-refractivity contribution in [3.05, 3.63) is 41.0 Å². The second-order valence-electron chi connectivity index (χ2n) is 4.25. The molecule has 2 aromatic heterocycles. The third-order valence-corrected chi connectivity index (χ3v) is 3.32. The van der Waals surface area contributed by atoms with Crippen LogP contribution in [0.5, 0.6) is 0 Å². The summed E-state index contributed by atoms with van der Waals surface area (Å²) in [4.78, 5) is 4.01. The van der Waals surface area contributed by atoms with E-state index in [1.165, 1.54) is 0 Å². The molecule has 1 unspecified atom stereocenters. The first-order valence-corrected chi connectivity index (χ1v) is 6.64. The molecule has 4 nitrogen and oxygen atoms in total. The summed E-state index contributed by atoms with van der Waals surface area (Å²) >= 11 is 3.44. The Hall–Kier alpha value is -1.49. The first-order valence-electron chi connectivity index (χ1n) is 5.84. The number of nitrogens with one attached hydrogen (secondary N) is 1. The fourth-order valence-electron chi connectivity index (χ4n) is 1.73. The van der Waals surface area contributed by atoms with Crippen LogP contribution in [-0.4, -0.2) is 11.0 Å². The van der Waals surface area contributed by atoms with Crippen molar-refractivity contribution in [1.29, 1.82) is 0 Å². The van der Waals surface area contributed by atoms with Gasteiger partial charge in [-0.05, 0) is 41.4 Å². The highest BCUT2D eigenvalue weighted by molar-refractivity contribution is 9.10. The van der Waals surface area contributed by atoms with Crippen LogP contribution in [0.1, 0.15) is 19.1 Å². The van der Waals surface area contributed by atoms with E-state index in [-0.39, 0.29) is 0 Å². The molecule has 0 amide bonds. The molecule has 1 atom stereocenters. The number of anilines is 2. The fourth-order valence-corrected chi connectivity index (χ4v) is 2.20. The van der Waals surface area contributed by atoms with E-state index in [2.05, 4.69) is 33.2 Å². The molecule has 0 bridgehead atoms. The molecule has 0 fully saturated rings. The van der Waals surface area contributed by atoms with E-state index in [1.807, 2.05) is 12.1 Å². The molecule has 2 heterocycles. The summed E-state index contributed by atoms with van der Waals surface area (Å²) in [5.74, 6) is 1.01. The Kier molecular flexibility index (Phi) is 4.25. The average molecular weight is 310 g/mol. The molecule has 0 aliphatic carbocycles. The Morgan fingerprint density at radius 2 is 2.33 bits per heavy atom. The molecule has 18 heavy (non-hydrogen) atoms. The number of pyridine rings is 1. The Labute approximate surface area is 115 Å². The highest BCUT2D eigenvalue weighted by atomic mass is 79.9. The van der Waals surface area contributed by atoms with E-state index in [0.717, 1.165) is 28.8 Å². The predicted molar refractivity (Wildman–Crippen MR) is 76.5 cm³/mol. The highest BCUT2D eigenvalue weighted by Gasteiger charge is 2.09. The zero-order valence-corrected chi connectivity index (χ0v) is 11.8. The Bertz CT molecular complexity index is 479. The largest absolute Gasteiger partial charge is 0.469 e. The van der Waals surface area contributed by atoms with Crippen molar-refractivity contribution in [2.75, 3.05) is 11.1 Å². The van der Waals surface area contributed by atoms with Gasteiger partial charge in [-0.3, -0.25) is 4.98 Å². The molecule has 3 N–H and O–H groups in total. The monoisotopic (exact) mass is 309 g/mol. The van der Waals surface area contributed by atoms with Crippen LogP contribution in [0.2, 0.25) is 0 Å². The average Bonchev–Trinajstić information content (AvgIpc) is 2.84. The van der Waals surface area contributed by atoms with E-state index in [9.17, 15) is 0 Å². The van der Waals surface area contributed by atoms with Gasteiger partial charge in [0.15, 0.2) is 0 Å². The normalized spacial score (nSPS) is 12.3. The van der Waals surface area contributed by atoms with E-state index in [4.69, 9.17) is 10.2 Å². The number of nitrogen functional groups attached to an aromatic ring is 1. The van der Waals surface area contributed by atoms with Crippen LogP contribution in [0, 0.1) is 0 Å². The number of rotatable bonds is 5. The minimum Gasteiger partial charge on any atom is -0.469 e. The van der Waals surface area contributed by atoms with Crippen LogP contribution in [0.15, 0.2) is 39.7 Å². The van der Waals surface area contributed by atoms with Crippen molar-refractivity contribution < 1.29 is 4.42 Å². The number of nitrogens with zero attached hydrogens (tertiary/aromatic N) is 1. The molecule has 0 saturated carbocycles. The quantitative estimate of drug-likeness (QED) is 0.888. The van der Waals surface area contributed by atoms with Crippen LogP contribution in [-0.2, 0) is 6.42 Å². The van der Waals surface area contributed by atoms with Crippen LogP contribution in [0.4, 0.5) is 11.4 Å². The van der Waals surface area contributed by atoms with Gasteiger partial charge in [0.25, 0.3) is 0 Å². The molecule has 0 aliphatic rings. The maximum Gasteiger partial charge on any atom is 0.103 e. The predicted octanol–water partition coefficient (Wildman–Crippen LogP) is 3.45. The molecule has 0 aliphatic heterocycles. The lowest BCUT2D eigenvalue weighted by Gasteiger charge is -2.17. The number of nitrogens with two attached hydrogens (primary N) is 1. The molecule has 2 aromatic rings. The summed E-state index contributed by atoms with van der Waals surface area (Å²) < 4.78 is 6.19. The SMILES string of the molecule is CC(CCc1ccco1)Nc1c(N)cncc1Br. The van der Waals surface area contributed by atoms with Gasteiger partial charge in [0.2, 0.25) is 0 Å². The van der Waals surface area contributed by atoms with Crippen LogP contribution in [0.3, 0.4) is 0 Å². The highest BCUT2D eigenvalue weighted by Crippen LogP contribution is 2.28. The van der Waals surface area contributed by atoms with Gasteiger partial charge in [-0.15, -0.1) is 0 Å². The van der Waals surface area contributed by atoms with E-state index in [1.54, 1.807) is 18.7 Å². The van der Waals surface area contributed by atoms with E-state index >= 15 is 0 Å². The molecule has 0 aromatic carbocycles. The summed E-state index contributed by atoms with van der Waals surface area (Å²) in [6.07, 6.45) is 6.96. The Morgan fingerprint density at radius 3 is 3.00 bits per heavy atom. The molecule has 0 saturated heterocycles. The third-order valence-electron chi connectivity index (χ3n) is 2.72. The first kappa shape index (κ1) is 13.0. The standard InChI is InChI=1S/C13H16BrN3O/c1-9(4-5-10-3-2-6-18-10)17-13-11(14)7-16-8-12(13)15/h2-3,6-9H,4-5,15H2,1H3,(H,16,17). The van der Waals surface area contributed by atoms with Crippen LogP contribution >= 0.6 is 15.9 Å². The zero-order valence-electron chi connectivity index (χ0n) is 10.2. The van der Waals surface area contributed by atoms with Crippen molar-refractivity contribution in [3.63, 3.8) is 0 Å². The maximum atomic E-state index is 5.89. The summed E-state index contributed by atoms with van der Waals surface area (Å²) in [6, 6.07) is 4.20. The number of hydrogen-bond donors (Lipinski definition) is 2. The minimum atomic E-state index is 0.302. The molecular formula is C13H16BrN3O. The molecule has 5 heteroatoms. The van der Waals surface area contributed by atoms with Crippen LogP contribution in [0.25, 0.3) is 0 Å². The van der Waals surface area contributed by atoms with Gasteiger partial charge in [-0.25, -0.2) is 0 Å². The Balaban J connectivity index is 1.92. The molecule has 2 rings (SSSR count). The molecule has 0 spiro atoms. The van der Waals surface area contributed by atoms with E-state index in [0.29, 0.717) is 11.7 Å². The third kappa shape index (κ3) is 3.26. The van der Waals surface area contributed by atoms with Gasteiger partial charge in [0, 0.05) is 18.7 Å². The van der Waals surface area contributed by atoms with Gasteiger partial charge >= 0.3 is 0 Å². The second-order valence-corrected chi connectivity index (χ2v) is 5.10. The maximum absolute atomic E-state index is 5.89. The topological polar surface area (TPSA) is 64.1 Å². The summed E-state index contributed by atoms with van der Waals surface area (Å²) in [5.41, 5.74) is 7.43. The molecule has 96 valence electrons. The van der Waals surface area contributed by atoms with Crippen LogP contribution < -0.4 is 11.1 Å². The fraction of sp³-hybridized carbons (Fsp3) is 0.308. The van der Waals surface area contributed by atoms with Gasteiger partial charge in [0.05, 0.1) is 28.3 Å². The smallest absolute Gasteiger partial charge is 0.103 e. The molecular weight excluding hydrogens is 294 g/mol. The van der Waals surface area contributed by atoms with Gasteiger partial charge in [-0.1, -0.05) is 0 Å². The van der Waals surface area contributed by atoms with Crippen molar-refractivity contribution in [1.82, 2.24) is 4.98 Å². The number of hydrogen-bond acceptors (Lipinski definition) is 4. The first-order chi connectivity index (χ1) is 8.66.